The number of carboxylic acid groups (broad SMARTS) is 1. The molecule has 17 heavy (non-hydrogen) atoms. The molecule has 0 atom stereocenters. The van der Waals surface area contributed by atoms with Gasteiger partial charge in [0.05, 0.1) is 5.41 Å². The number of thioether (sulfide) groups is 1. The molecule has 1 aromatic heterocycles. The van der Waals surface area contributed by atoms with Crippen LogP contribution in [0.3, 0.4) is 0 Å². The number of hydrogen-bond acceptors (Lipinski definition) is 4. The van der Waals surface area contributed by atoms with E-state index in [9.17, 15) is 9.59 Å². The van der Waals surface area contributed by atoms with Gasteiger partial charge in [-0.2, -0.15) is 0 Å². The van der Waals surface area contributed by atoms with Crippen molar-refractivity contribution in [2.24, 2.45) is 5.41 Å². The lowest BCUT2D eigenvalue weighted by Crippen LogP contribution is -2.24. The Kier molecular flexibility index (Phi) is 4.34. The van der Waals surface area contributed by atoms with Crippen molar-refractivity contribution < 1.29 is 9.90 Å². The molecule has 0 amide bonds. The molecule has 0 aliphatic carbocycles. The zero-order valence-electron chi connectivity index (χ0n) is 10.1. The van der Waals surface area contributed by atoms with Crippen molar-refractivity contribution >= 4 is 17.7 Å². The third-order valence-electron chi connectivity index (χ3n) is 2.39. The molecular weight excluding hydrogens is 240 g/mol. The first-order chi connectivity index (χ1) is 7.81. The molecular formula is C11H16N2O3S. The lowest BCUT2D eigenvalue weighted by atomic mass is 9.91. The van der Waals surface area contributed by atoms with Crippen LogP contribution in [0.15, 0.2) is 16.0 Å². The minimum atomic E-state index is -0.816. The molecule has 1 rings (SSSR count). The smallest absolute Gasteiger partial charge is 0.309 e. The number of aromatic amines is 1. The summed E-state index contributed by atoms with van der Waals surface area (Å²) in [7, 11) is 0. The molecule has 1 aromatic rings. The van der Waals surface area contributed by atoms with E-state index in [1.165, 1.54) is 17.8 Å². The van der Waals surface area contributed by atoms with Crippen molar-refractivity contribution in [3.63, 3.8) is 0 Å². The maximum absolute atomic E-state index is 11.2. The number of nitrogens with one attached hydrogen (secondary N) is 1. The molecule has 1 heterocycles. The Morgan fingerprint density at radius 3 is 2.76 bits per heavy atom. The summed E-state index contributed by atoms with van der Waals surface area (Å²) in [4.78, 5) is 28.8. The Balaban J connectivity index is 2.57. The molecule has 5 nitrogen and oxygen atoms in total. The Morgan fingerprint density at radius 2 is 2.24 bits per heavy atom. The Hall–Kier alpha value is -1.30. The van der Waals surface area contributed by atoms with Crippen molar-refractivity contribution in [2.75, 3.05) is 5.75 Å². The number of carbonyl (C=O) groups is 1. The van der Waals surface area contributed by atoms with E-state index >= 15 is 0 Å². The summed E-state index contributed by atoms with van der Waals surface area (Å²) in [5.41, 5.74) is -0.275. The van der Waals surface area contributed by atoms with Crippen molar-refractivity contribution in [3.8, 4) is 0 Å². The first kappa shape index (κ1) is 13.8. The highest BCUT2D eigenvalue weighted by Gasteiger charge is 2.26. The zero-order chi connectivity index (χ0) is 13.1. The van der Waals surface area contributed by atoms with Gasteiger partial charge < -0.3 is 10.1 Å². The number of rotatable bonds is 5. The van der Waals surface area contributed by atoms with E-state index in [4.69, 9.17) is 5.11 Å². The summed E-state index contributed by atoms with van der Waals surface area (Å²) in [6, 6.07) is 1.42. The van der Waals surface area contributed by atoms with Crippen LogP contribution in [0.2, 0.25) is 0 Å². The average Bonchev–Trinajstić information content (AvgIpc) is 2.15. The Labute approximate surface area is 104 Å². The Morgan fingerprint density at radius 1 is 1.59 bits per heavy atom. The molecule has 0 saturated carbocycles. The van der Waals surface area contributed by atoms with Gasteiger partial charge in [-0.05, 0) is 27.2 Å². The molecule has 0 fully saturated rings. The van der Waals surface area contributed by atoms with E-state index in [2.05, 4.69) is 9.97 Å². The van der Waals surface area contributed by atoms with E-state index in [1.807, 2.05) is 0 Å². The molecule has 0 aliphatic heterocycles. The predicted molar refractivity (Wildman–Crippen MR) is 66.4 cm³/mol. The molecule has 94 valence electrons. The van der Waals surface area contributed by atoms with Gasteiger partial charge in [0.15, 0.2) is 5.16 Å². The number of H-pyrrole nitrogens is 1. The predicted octanol–water partition coefficient (Wildman–Crippen LogP) is 1.67. The molecule has 6 heteroatoms. The fourth-order valence-electron chi connectivity index (χ4n) is 1.13. The lowest BCUT2D eigenvalue weighted by Gasteiger charge is -2.17. The highest BCUT2D eigenvalue weighted by atomic mass is 32.2. The van der Waals surface area contributed by atoms with Crippen LogP contribution in [-0.4, -0.2) is 26.8 Å². The molecule has 2 N–H and O–H groups in total. The first-order valence-electron chi connectivity index (χ1n) is 5.25. The second kappa shape index (κ2) is 5.35. The van der Waals surface area contributed by atoms with Gasteiger partial charge in [-0.3, -0.25) is 9.59 Å². The van der Waals surface area contributed by atoms with Gasteiger partial charge in [0.2, 0.25) is 0 Å². The van der Waals surface area contributed by atoms with Gasteiger partial charge in [0, 0.05) is 17.5 Å². The number of nitrogens with zero attached hydrogens (tertiary/aromatic N) is 1. The van der Waals surface area contributed by atoms with E-state index in [0.29, 0.717) is 23.0 Å². The van der Waals surface area contributed by atoms with Gasteiger partial charge >= 0.3 is 5.97 Å². The topological polar surface area (TPSA) is 83.0 Å². The molecule has 0 saturated heterocycles. The highest BCUT2D eigenvalue weighted by molar-refractivity contribution is 7.99. The SMILES string of the molecule is Cc1cc(=O)[nH]c(SCCC(C)(C)C(=O)O)n1. The first-order valence-corrected chi connectivity index (χ1v) is 6.24. The molecule has 0 aromatic carbocycles. The number of carboxylic acids is 1. The third kappa shape index (κ3) is 4.22. The van der Waals surface area contributed by atoms with Crippen molar-refractivity contribution in [2.45, 2.75) is 32.3 Å². The molecule has 0 radical (unpaired) electrons. The van der Waals surface area contributed by atoms with Crippen LogP contribution in [0.1, 0.15) is 26.0 Å². The van der Waals surface area contributed by atoms with Gasteiger partial charge in [-0.1, -0.05) is 11.8 Å². The quantitative estimate of drug-likeness (QED) is 0.618. The fourth-order valence-corrected chi connectivity index (χ4v) is 2.32. The van der Waals surface area contributed by atoms with Crippen LogP contribution >= 0.6 is 11.8 Å². The second-order valence-corrected chi connectivity index (χ2v) is 5.56. The number of aliphatic carboxylic acids is 1. The van der Waals surface area contributed by atoms with E-state index in [1.54, 1.807) is 20.8 Å². The normalized spacial score (nSPS) is 11.5. The zero-order valence-corrected chi connectivity index (χ0v) is 10.9. The van der Waals surface area contributed by atoms with Crippen molar-refractivity contribution in [3.05, 3.63) is 22.1 Å². The molecule has 0 unspecified atom stereocenters. The van der Waals surface area contributed by atoms with E-state index in [0.717, 1.165) is 0 Å². The molecule has 0 bridgehead atoms. The fraction of sp³-hybridized carbons (Fsp3) is 0.545. The monoisotopic (exact) mass is 256 g/mol. The summed E-state index contributed by atoms with van der Waals surface area (Å²) in [6.07, 6.45) is 0.519. The minimum absolute atomic E-state index is 0.183. The standard InChI is InChI=1S/C11H16N2O3S/c1-7-6-8(14)13-10(12-7)17-5-4-11(2,3)9(15)16/h6H,4-5H2,1-3H3,(H,15,16)(H,12,13,14). The maximum atomic E-state index is 11.2. The van der Waals surface area contributed by atoms with Crippen LogP contribution in [0.25, 0.3) is 0 Å². The molecule has 0 spiro atoms. The highest BCUT2D eigenvalue weighted by Crippen LogP contribution is 2.24. The summed E-state index contributed by atoms with van der Waals surface area (Å²) in [5.74, 6) is -0.213. The van der Waals surface area contributed by atoms with Crippen molar-refractivity contribution in [1.29, 1.82) is 0 Å². The van der Waals surface area contributed by atoms with Gasteiger partial charge in [-0.25, -0.2) is 4.98 Å². The lowest BCUT2D eigenvalue weighted by molar-refractivity contribution is -0.146. The number of hydrogen-bond donors (Lipinski definition) is 2. The summed E-state index contributed by atoms with van der Waals surface area (Å²) >= 11 is 1.36. The summed E-state index contributed by atoms with van der Waals surface area (Å²) in [6.45, 7) is 5.12. The van der Waals surface area contributed by atoms with Gasteiger partial charge in [0.1, 0.15) is 0 Å². The van der Waals surface area contributed by atoms with E-state index in [-0.39, 0.29) is 5.56 Å². The molecule has 0 aliphatic rings. The third-order valence-corrected chi connectivity index (χ3v) is 3.27. The van der Waals surface area contributed by atoms with Crippen LogP contribution < -0.4 is 5.56 Å². The summed E-state index contributed by atoms with van der Waals surface area (Å²) < 4.78 is 0. The second-order valence-electron chi connectivity index (χ2n) is 4.48. The average molecular weight is 256 g/mol. The Bertz CT molecular complexity index is 468. The number of aromatic nitrogens is 2. The largest absolute Gasteiger partial charge is 0.481 e. The maximum Gasteiger partial charge on any atom is 0.309 e. The van der Waals surface area contributed by atoms with Crippen LogP contribution in [0.5, 0.6) is 0 Å². The van der Waals surface area contributed by atoms with Gasteiger partial charge in [-0.15, -0.1) is 0 Å². The van der Waals surface area contributed by atoms with Crippen LogP contribution in [0.4, 0.5) is 0 Å². The van der Waals surface area contributed by atoms with Crippen LogP contribution in [0, 0.1) is 12.3 Å². The van der Waals surface area contributed by atoms with Crippen LogP contribution in [-0.2, 0) is 4.79 Å². The van der Waals surface area contributed by atoms with Gasteiger partial charge in [0.25, 0.3) is 5.56 Å². The minimum Gasteiger partial charge on any atom is -0.481 e. The van der Waals surface area contributed by atoms with Crippen molar-refractivity contribution in [1.82, 2.24) is 9.97 Å². The summed E-state index contributed by atoms with van der Waals surface area (Å²) in [5, 5.41) is 9.48. The van der Waals surface area contributed by atoms with E-state index < -0.39 is 11.4 Å². The number of aryl methyl sites for hydroxylation is 1.